The van der Waals surface area contributed by atoms with Crippen LogP contribution in [0.5, 0.6) is 0 Å². The van der Waals surface area contributed by atoms with E-state index in [0.717, 1.165) is 89.9 Å². The second kappa shape index (κ2) is 61.5. The van der Waals surface area contributed by atoms with Crippen LogP contribution < -0.4 is 4.89 Å². The Labute approximate surface area is 500 Å². The van der Waals surface area contributed by atoms with Crippen molar-refractivity contribution in [1.82, 2.24) is 0 Å². The number of phosphoric ester groups is 1. The molecule has 81 heavy (non-hydrogen) atoms. The van der Waals surface area contributed by atoms with Crippen LogP contribution in [0.4, 0.5) is 0 Å². The fraction of sp³-hybridized carbons (Fsp3) is 0.746. The molecular weight excluding hydrogens is 1030 g/mol. The number of likely N-dealkylation sites (N-methyl/N-ethyl adjacent to an activating group) is 1. The van der Waals surface area contributed by atoms with Crippen molar-refractivity contribution in [2.45, 2.75) is 296 Å². The molecule has 0 saturated carbocycles. The fourth-order valence-corrected chi connectivity index (χ4v) is 9.99. The predicted molar refractivity (Wildman–Crippen MR) is 346 cm³/mol. The van der Waals surface area contributed by atoms with E-state index in [4.69, 9.17) is 18.5 Å². The van der Waals surface area contributed by atoms with Gasteiger partial charge in [-0.05, 0) is 77.0 Å². The zero-order valence-electron chi connectivity index (χ0n) is 53.2. The first-order chi connectivity index (χ1) is 39.5. The Morgan fingerprint density at radius 1 is 0.395 bits per heavy atom. The summed E-state index contributed by atoms with van der Waals surface area (Å²) < 4.78 is 34.3. The van der Waals surface area contributed by atoms with Gasteiger partial charge in [-0.15, -0.1) is 0 Å². The zero-order chi connectivity index (χ0) is 59.1. The van der Waals surface area contributed by atoms with Gasteiger partial charge in [-0.2, -0.15) is 0 Å². The van der Waals surface area contributed by atoms with Crippen molar-refractivity contribution < 1.29 is 42.1 Å². The van der Waals surface area contributed by atoms with Crippen LogP contribution in [0.1, 0.15) is 290 Å². The highest BCUT2D eigenvalue weighted by atomic mass is 31.2. The summed E-state index contributed by atoms with van der Waals surface area (Å²) in [5, 5.41) is 0. The van der Waals surface area contributed by atoms with Gasteiger partial charge in [0, 0.05) is 12.8 Å². The fourth-order valence-electron chi connectivity index (χ4n) is 9.26. The summed E-state index contributed by atoms with van der Waals surface area (Å²) >= 11 is 0. The van der Waals surface area contributed by atoms with E-state index < -0.39 is 26.5 Å². The molecule has 0 rings (SSSR count). The molecule has 2 unspecified atom stereocenters. The smallest absolute Gasteiger partial charge is 0.306 e. The SMILES string of the molecule is CC/C=C\C/C=C\C/C=C\C/C=C\C/C=C\C/C=C\C/C=C\C/C=C\CCCCCCCCCCCCCCCCC(=O)OC(COC(=O)CCCCCCCCCCCCCCCCCCCC)COP(=O)([O-])OCC[N+](C)(C)C. The Hall–Kier alpha value is -3.07. The quantitative estimate of drug-likeness (QED) is 0.0195. The second-order valence-corrected chi connectivity index (χ2v) is 24.9. The third-order valence-electron chi connectivity index (χ3n) is 14.4. The lowest BCUT2D eigenvalue weighted by Crippen LogP contribution is -2.37. The Morgan fingerprint density at radius 3 is 1.05 bits per heavy atom. The summed E-state index contributed by atoms with van der Waals surface area (Å²) in [7, 11) is 1.17. The number of esters is 2. The number of rotatable bonds is 61. The van der Waals surface area contributed by atoms with Gasteiger partial charge in [0.1, 0.15) is 19.8 Å². The molecule has 0 saturated heterocycles. The molecule has 0 aliphatic rings. The predicted octanol–water partition coefficient (Wildman–Crippen LogP) is 20.9. The van der Waals surface area contributed by atoms with Gasteiger partial charge in [0.05, 0.1) is 27.7 Å². The first-order valence-electron chi connectivity index (χ1n) is 33.4. The number of carbonyl (C=O) groups excluding carboxylic acids is 2. The Balaban J connectivity index is 4.02. The molecule has 0 aromatic rings. The normalized spacial score (nSPS) is 13.8. The van der Waals surface area contributed by atoms with Crippen molar-refractivity contribution in [2.24, 2.45) is 0 Å². The van der Waals surface area contributed by atoms with E-state index in [2.05, 4.69) is 111 Å². The molecule has 0 aromatic heterocycles. The van der Waals surface area contributed by atoms with Gasteiger partial charge in [-0.25, -0.2) is 0 Å². The molecule has 0 radical (unpaired) electrons. The van der Waals surface area contributed by atoms with Crippen molar-refractivity contribution >= 4 is 19.8 Å². The van der Waals surface area contributed by atoms with E-state index in [0.29, 0.717) is 17.4 Å². The summed E-state index contributed by atoms with van der Waals surface area (Å²) in [6.07, 6.45) is 84.8. The van der Waals surface area contributed by atoms with Crippen LogP contribution in [0.25, 0.3) is 0 Å². The van der Waals surface area contributed by atoms with Gasteiger partial charge in [-0.1, -0.05) is 297 Å². The minimum absolute atomic E-state index is 0.0318. The van der Waals surface area contributed by atoms with Crippen LogP contribution in [0.3, 0.4) is 0 Å². The third kappa shape index (κ3) is 65.9. The number of ether oxygens (including phenoxy) is 2. The monoisotopic (exact) mass is 1150 g/mol. The largest absolute Gasteiger partial charge is 0.756 e. The molecule has 0 aliphatic carbocycles. The molecule has 0 aliphatic heterocycles. The average Bonchev–Trinajstić information content (AvgIpc) is 3.43. The van der Waals surface area contributed by atoms with Crippen LogP contribution in [0, 0.1) is 0 Å². The number of nitrogens with zero attached hydrogens (tertiary/aromatic N) is 1. The van der Waals surface area contributed by atoms with E-state index in [1.807, 2.05) is 21.1 Å². The number of unbranched alkanes of at least 4 members (excludes halogenated alkanes) is 31. The van der Waals surface area contributed by atoms with Crippen LogP contribution in [0.2, 0.25) is 0 Å². The Kier molecular flexibility index (Phi) is 59.2. The maximum atomic E-state index is 12.8. The van der Waals surface area contributed by atoms with Gasteiger partial charge < -0.3 is 27.9 Å². The standard InChI is InChI=1S/C71H126NO8P/c1-6-8-10-12-14-16-18-20-22-24-26-27-28-29-30-31-32-33-34-35-36-37-38-39-40-41-42-43-44-45-46-48-50-52-54-56-58-60-62-64-71(74)80-69(68-79-81(75,76)78-66-65-72(3,4)5)67-77-70(73)63-61-59-57-55-53-51-49-47-25-23-21-19-17-15-13-11-9-7-2/h8,10,14,16,20,22,26-27,29-30,32-33,35-36,38-39,69H,6-7,9,11-13,15,17-19,21,23-25,28,31,34,37,40-68H2,1-5H3/b10-8-,16-14-,22-20-,27-26-,30-29-,33-32-,36-35-,39-38-. The number of allylic oxidation sites excluding steroid dienone is 16. The number of hydrogen-bond acceptors (Lipinski definition) is 8. The van der Waals surface area contributed by atoms with Crippen molar-refractivity contribution in [3.05, 3.63) is 97.2 Å². The topological polar surface area (TPSA) is 111 Å². The Bertz CT molecular complexity index is 1690. The molecule has 0 fully saturated rings. The summed E-state index contributed by atoms with van der Waals surface area (Å²) in [5.74, 6) is -0.824. The van der Waals surface area contributed by atoms with Gasteiger partial charge in [-0.3, -0.25) is 14.2 Å². The number of phosphoric acid groups is 1. The minimum atomic E-state index is -4.64. The molecule has 0 N–H and O–H groups in total. The number of hydrogen-bond donors (Lipinski definition) is 0. The third-order valence-corrected chi connectivity index (χ3v) is 15.3. The number of quaternary nitrogens is 1. The van der Waals surface area contributed by atoms with Gasteiger partial charge >= 0.3 is 11.9 Å². The molecule has 9 nitrogen and oxygen atoms in total. The molecule has 0 amide bonds. The van der Waals surface area contributed by atoms with Gasteiger partial charge in [0.25, 0.3) is 7.82 Å². The van der Waals surface area contributed by atoms with E-state index >= 15 is 0 Å². The maximum absolute atomic E-state index is 12.8. The van der Waals surface area contributed by atoms with Crippen molar-refractivity contribution in [3.63, 3.8) is 0 Å². The minimum Gasteiger partial charge on any atom is -0.756 e. The van der Waals surface area contributed by atoms with E-state index in [1.54, 1.807) is 0 Å². The second-order valence-electron chi connectivity index (χ2n) is 23.5. The van der Waals surface area contributed by atoms with E-state index in [1.165, 1.54) is 167 Å². The van der Waals surface area contributed by atoms with Crippen molar-refractivity contribution in [1.29, 1.82) is 0 Å². The van der Waals surface area contributed by atoms with E-state index in [-0.39, 0.29) is 32.0 Å². The lowest BCUT2D eigenvalue weighted by atomic mass is 10.0. The van der Waals surface area contributed by atoms with Crippen LogP contribution >= 0.6 is 7.82 Å². The molecule has 0 bridgehead atoms. The molecular formula is C71H126NO8P. The zero-order valence-corrected chi connectivity index (χ0v) is 54.1. The van der Waals surface area contributed by atoms with E-state index in [9.17, 15) is 19.0 Å². The van der Waals surface area contributed by atoms with Crippen molar-refractivity contribution in [3.8, 4) is 0 Å². The Morgan fingerprint density at radius 2 is 0.704 bits per heavy atom. The molecule has 0 heterocycles. The highest BCUT2D eigenvalue weighted by Crippen LogP contribution is 2.38. The highest BCUT2D eigenvalue weighted by molar-refractivity contribution is 7.45. The summed E-state index contributed by atoms with van der Waals surface area (Å²) in [6, 6.07) is 0. The highest BCUT2D eigenvalue weighted by Gasteiger charge is 2.22. The maximum Gasteiger partial charge on any atom is 0.306 e. The lowest BCUT2D eigenvalue weighted by Gasteiger charge is -2.28. The summed E-state index contributed by atoms with van der Waals surface area (Å²) in [5.41, 5.74) is 0. The molecule has 0 spiro atoms. The van der Waals surface area contributed by atoms with Crippen molar-refractivity contribution in [2.75, 3.05) is 47.5 Å². The van der Waals surface area contributed by atoms with Crippen LogP contribution in [-0.2, 0) is 32.7 Å². The van der Waals surface area contributed by atoms with Crippen LogP contribution in [-0.4, -0.2) is 70.0 Å². The van der Waals surface area contributed by atoms with Gasteiger partial charge in [0.2, 0.25) is 0 Å². The lowest BCUT2D eigenvalue weighted by molar-refractivity contribution is -0.870. The molecule has 2 atom stereocenters. The summed E-state index contributed by atoms with van der Waals surface area (Å²) in [4.78, 5) is 38.0. The molecule has 10 heteroatoms. The van der Waals surface area contributed by atoms with Gasteiger partial charge in [0.15, 0.2) is 6.10 Å². The first-order valence-corrected chi connectivity index (χ1v) is 34.9. The average molecular weight is 1150 g/mol. The van der Waals surface area contributed by atoms with Crippen LogP contribution in [0.15, 0.2) is 97.2 Å². The molecule has 468 valence electrons. The molecule has 0 aromatic carbocycles. The first kappa shape index (κ1) is 77.9. The summed E-state index contributed by atoms with van der Waals surface area (Å²) in [6.45, 7) is 4.16. The number of carbonyl (C=O) groups is 2.